The van der Waals surface area contributed by atoms with Gasteiger partial charge in [-0.05, 0) is 19.1 Å². The van der Waals surface area contributed by atoms with Crippen LogP contribution >= 0.6 is 11.3 Å². The third-order valence-electron chi connectivity index (χ3n) is 3.39. The first kappa shape index (κ1) is 15.3. The van der Waals surface area contributed by atoms with E-state index in [-0.39, 0.29) is 5.91 Å². The molecule has 1 aromatic heterocycles. The van der Waals surface area contributed by atoms with Gasteiger partial charge >= 0.3 is 0 Å². The van der Waals surface area contributed by atoms with E-state index in [9.17, 15) is 4.79 Å². The molecule has 0 fully saturated rings. The Morgan fingerprint density at radius 1 is 1.13 bits per heavy atom. The zero-order chi connectivity index (χ0) is 16.4. The molecule has 1 heterocycles. The molecular weight excluding hydrogens is 312 g/mol. The van der Waals surface area contributed by atoms with Crippen LogP contribution in [-0.2, 0) is 0 Å². The fraction of sp³-hybridized carbons (Fsp3) is 0.176. The number of thiazole rings is 1. The van der Waals surface area contributed by atoms with E-state index in [1.54, 1.807) is 26.4 Å². The third kappa shape index (κ3) is 3.12. The van der Waals surface area contributed by atoms with Crippen LogP contribution in [-0.4, -0.2) is 25.1 Å². The van der Waals surface area contributed by atoms with Gasteiger partial charge in [0.25, 0.3) is 5.91 Å². The summed E-state index contributed by atoms with van der Waals surface area (Å²) in [4.78, 5) is 16.7. The molecule has 0 radical (unpaired) electrons. The van der Waals surface area contributed by atoms with E-state index in [4.69, 9.17) is 9.47 Å². The third-order valence-corrected chi connectivity index (χ3v) is 4.33. The molecule has 0 atom stereocenters. The largest absolute Gasteiger partial charge is 0.493 e. The molecule has 0 aliphatic carbocycles. The Bertz CT molecular complexity index is 832. The van der Waals surface area contributed by atoms with Gasteiger partial charge < -0.3 is 9.47 Å². The number of nitrogens with zero attached hydrogens (tertiary/aromatic N) is 1. The zero-order valence-electron chi connectivity index (χ0n) is 13.0. The molecule has 6 heteroatoms. The summed E-state index contributed by atoms with van der Waals surface area (Å²) in [6.07, 6.45) is 0. The van der Waals surface area contributed by atoms with Gasteiger partial charge in [0.15, 0.2) is 16.6 Å². The topological polar surface area (TPSA) is 60.5 Å². The summed E-state index contributed by atoms with van der Waals surface area (Å²) in [6.45, 7) is 1.95. The second kappa shape index (κ2) is 6.26. The molecule has 0 saturated heterocycles. The van der Waals surface area contributed by atoms with Gasteiger partial charge in [-0.3, -0.25) is 10.1 Å². The van der Waals surface area contributed by atoms with Crippen LogP contribution in [0.25, 0.3) is 10.2 Å². The minimum atomic E-state index is -0.174. The van der Waals surface area contributed by atoms with Crippen LogP contribution in [0.1, 0.15) is 15.9 Å². The summed E-state index contributed by atoms with van der Waals surface area (Å²) in [5.41, 5.74) is 2.41. The molecule has 0 aliphatic rings. The van der Waals surface area contributed by atoms with Crippen molar-refractivity contribution in [3.8, 4) is 11.5 Å². The Balaban J connectivity index is 1.90. The maximum absolute atomic E-state index is 12.3. The van der Waals surface area contributed by atoms with E-state index in [0.29, 0.717) is 22.2 Å². The lowest BCUT2D eigenvalue weighted by molar-refractivity contribution is 0.102. The van der Waals surface area contributed by atoms with Gasteiger partial charge in [-0.15, -0.1) is 0 Å². The van der Waals surface area contributed by atoms with Gasteiger partial charge in [0.05, 0.1) is 24.4 Å². The number of rotatable bonds is 4. The zero-order valence-corrected chi connectivity index (χ0v) is 13.9. The highest BCUT2D eigenvalue weighted by atomic mass is 32.1. The highest BCUT2D eigenvalue weighted by molar-refractivity contribution is 7.22. The molecule has 1 amide bonds. The Hall–Kier alpha value is -2.60. The number of hydrogen-bond donors (Lipinski definition) is 1. The maximum atomic E-state index is 12.3. The molecular formula is C17H16N2O3S. The standard InChI is InChI=1S/C17H16N2O3S/c1-10-5-4-6-11(7-10)16(20)19-17-18-12-8-13(21-2)14(22-3)9-15(12)23-17/h4-9H,1-3H3,(H,18,19,20). The van der Waals surface area contributed by atoms with Crippen molar-refractivity contribution in [3.63, 3.8) is 0 Å². The molecule has 0 saturated carbocycles. The number of aryl methyl sites for hydroxylation is 1. The van der Waals surface area contributed by atoms with Crippen LogP contribution in [0, 0.1) is 6.92 Å². The Kier molecular flexibility index (Phi) is 4.16. The number of carbonyl (C=O) groups excluding carboxylic acids is 1. The van der Waals surface area contributed by atoms with Crippen LogP contribution in [0.5, 0.6) is 11.5 Å². The quantitative estimate of drug-likeness (QED) is 0.790. The van der Waals surface area contributed by atoms with Crippen LogP contribution in [0.3, 0.4) is 0 Å². The Labute approximate surface area is 137 Å². The Morgan fingerprint density at radius 3 is 2.57 bits per heavy atom. The Morgan fingerprint density at radius 2 is 1.87 bits per heavy atom. The van der Waals surface area contributed by atoms with E-state index in [1.165, 1.54) is 11.3 Å². The molecule has 1 N–H and O–H groups in total. The van der Waals surface area contributed by atoms with Crippen molar-refractivity contribution in [2.45, 2.75) is 6.92 Å². The molecule has 5 nitrogen and oxygen atoms in total. The van der Waals surface area contributed by atoms with Gasteiger partial charge in [0.1, 0.15) is 0 Å². The van der Waals surface area contributed by atoms with E-state index in [1.807, 2.05) is 31.2 Å². The number of fused-ring (bicyclic) bond motifs is 1. The van der Waals surface area contributed by atoms with Gasteiger partial charge in [-0.25, -0.2) is 4.98 Å². The first-order valence-electron chi connectivity index (χ1n) is 7.01. The first-order chi connectivity index (χ1) is 11.1. The maximum Gasteiger partial charge on any atom is 0.257 e. The van der Waals surface area contributed by atoms with Crippen molar-refractivity contribution in [2.24, 2.45) is 0 Å². The average Bonchev–Trinajstić information content (AvgIpc) is 2.94. The number of hydrogen-bond acceptors (Lipinski definition) is 5. The van der Waals surface area contributed by atoms with Gasteiger partial charge in [0, 0.05) is 17.7 Å². The minimum Gasteiger partial charge on any atom is -0.493 e. The lowest BCUT2D eigenvalue weighted by Gasteiger charge is -2.05. The smallest absolute Gasteiger partial charge is 0.257 e. The molecule has 0 unspecified atom stereocenters. The molecule has 23 heavy (non-hydrogen) atoms. The number of aromatic nitrogens is 1. The van der Waals surface area contributed by atoms with Crippen molar-refractivity contribution in [2.75, 3.05) is 19.5 Å². The predicted octanol–water partition coefficient (Wildman–Crippen LogP) is 3.87. The predicted molar refractivity (Wildman–Crippen MR) is 91.9 cm³/mol. The first-order valence-corrected chi connectivity index (χ1v) is 7.83. The SMILES string of the molecule is COc1cc2nc(NC(=O)c3cccc(C)c3)sc2cc1OC. The molecule has 3 rings (SSSR count). The van der Waals surface area contributed by atoms with Crippen molar-refractivity contribution in [1.29, 1.82) is 0 Å². The van der Waals surface area contributed by atoms with Crippen molar-refractivity contribution >= 4 is 32.6 Å². The number of nitrogens with one attached hydrogen (secondary N) is 1. The summed E-state index contributed by atoms with van der Waals surface area (Å²) in [7, 11) is 3.17. The van der Waals surface area contributed by atoms with Crippen LogP contribution in [0.2, 0.25) is 0 Å². The summed E-state index contributed by atoms with van der Waals surface area (Å²) >= 11 is 1.39. The van der Waals surface area contributed by atoms with E-state index in [0.717, 1.165) is 15.8 Å². The summed E-state index contributed by atoms with van der Waals surface area (Å²) in [5.74, 6) is 1.08. The summed E-state index contributed by atoms with van der Waals surface area (Å²) < 4.78 is 11.5. The number of carbonyl (C=O) groups is 1. The second-order valence-corrected chi connectivity index (χ2v) is 6.05. The van der Waals surface area contributed by atoms with Gasteiger partial charge in [-0.2, -0.15) is 0 Å². The minimum absolute atomic E-state index is 0.174. The number of ether oxygens (including phenoxy) is 2. The number of anilines is 1. The number of benzene rings is 2. The number of amides is 1. The fourth-order valence-electron chi connectivity index (χ4n) is 2.26. The van der Waals surface area contributed by atoms with Crippen LogP contribution in [0.4, 0.5) is 5.13 Å². The van der Waals surface area contributed by atoms with Crippen molar-refractivity contribution < 1.29 is 14.3 Å². The fourth-order valence-corrected chi connectivity index (χ4v) is 3.14. The molecule has 0 aliphatic heterocycles. The normalized spacial score (nSPS) is 10.6. The highest BCUT2D eigenvalue weighted by Crippen LogP contribution is 2.36. The van der Waals surface area contributed by atoms with E-state index < -0.39 is 0 Å². The molecule has 118 valence electrons. The summed E-state index contributed by atoms with van der Waals surface area (Å²) in [6, 6.07) is 11.1. The summed E-state index contributed by atoms with van der Waals surface area (Å²) in [5, 5.41) is 3.38. The molecule has 0 bridgehead atoms. The molecule has 3 aromatic rings. The monoisotopic (exact) mass is 328 g/mol. The molecule has 2 aromatic carbocycles. The van der Waals surface area contributed by atoms with Crippen molar-refractivity contribution in [3.05, 3.63) is 47.5 Å². The van der Waals surface area contributed by atoms with Crippen LogP contribution in [0.15, 0.2) is 36.4 Å². The lowest BCUT2D eigenvalue weighted by atomic mass is 10.1. The van der Waals surface area contributed by atoms with Gasteiger partial charge in [0.2, 0.25) is 0 Å². The molecule has 0 spiro atoms. The lowest BCUT2D eigenvalue weighted by Crippen LogP contribution is -2.11. The second-order valence-electron chi connectivity index (χ2n) is 5.02. The van der Waals surface area contributed by atoms with Gasteiger partial charge in [-0.1, -0.05) is 29.0 Å². The number of methoxy groups -OCH3 is 2. The van der Waals surface area contributed by atoms with Crippen LogP contribution < -0.4 is 14.8 Å². The van der Waals surface area contributed by atoms with E-state index in [2.05, 4.69) is 10.3 Å². The van der Waals surface area contributed by atoms with Crippen molar-refractivity contribution in [1.82, 2.24) is 4.98 Å². The average molecular weight is 328 g/mol. The highest BCUT2D eigenvalue weighted by Gasteiger charge is 2.13. The van der Waals surface area contributed by atoms with E-state index >= 15 is 0 Å².